The van der Waals surface area contributed by atoms with Gasteiger partial charge in [-0.15, -0.1) is 0 Å². The van der Waals surface area contributed by atoms with Crippen LogP contribution in [-0.2, 0) is 19.1 Å². The summed E-state index contributed by atoms with van der Waals surface area (Å²) in [6.45, 7) is 2.88. The van der Waals surface area contributed by atoms with Crippen molar-refractivity contribution in [2.75, 3.05) is 20.3 Å². The second-order valence-corrected chi connectivity index (χ2v) is 3.83. The van der Waals surface area contributed by atoms with E-state index >= 15 is 0 Å². The van der Waals surface area contributed by atoms with E-state index in [4.69, 9.17) is 5.11 Å². The number of rotatable bonds is 7. The van der Waals surface area contributed by atoms with Crippen LogP contribution in [-0.4, -0.2) is 49.2 Å². The van der Waals surface area contributed by atoms with E-state index in [2.05, 4.69) is 15.4 Å². The first-order valence-corrected chi connectivity index (χ1v) is 5.16. The van der Waals surface area contributed by atoms with Gasteiger partial charge in [0, 0.05) is 7.11 Å². The molecule has 0 aliphatic heterocycles. The third-order valence-corrected chi connectivity index (χ3v) is 1.95. The zero-order chi connectivity index (χ0) is 13.4. The lowest BCUT2D eigenvalue weighted by atomic mass is 10.0. The molecule has 0 fully saturated rings. The average molecular weight is 246 g/mol. The Morgan fingerprint density at radius 3 is 2.29 bits per heavy atom. The first kappa shape index (κ1) is 15.4. The van der Waals surface area contributed by atoms with Gasteiger partial charge in [0.2, 0.25) is 11.8 Å². The van der Waals surface area contributed by atoms with Gasteiger partial charge in [0.1, 0.15) is 19.2 Å². The Kier molecular flexibility index (Phi) is 6.88. The highest BCUT2D eigenvalue weighted by atomic mass is 16.5. The molecule has 98 valence electrons. The standard InChI is InChI=1S/C10H18N2O5/c1-6(2)9(12-7(13)5-17-3)10(16)11-4-8(14)15/h6,9H,4-5H2,1-3H3,(H,11,16)(H,12,13)(H,14,15)/t9-/m0/s1. The number of carbonyl (C=O) groups is 3. The van der Waals surface area contributed by atoms with Gasteiger partial charge in [0.15, 0.2) is 0 Å². The molecule has 2 amide bonds. The third-order valence-electron chi connectivity index (χ3n) is 1.95. The van der Waals surface area contributed by atoms with Crippen LogP contribution in [0.1, 0.15) is 13.8 Å². The Morgan fingerprint density at radius 2 is 1.88 bits per heavy atom. The van der Waals surface area contributed by atoms with Gasteiger partial charge in [0.25, 0.3) is 0 Å². The summed E-state index contributed by atoms with van der Waals surface area (Å²) >= 11 is 0. The molecule has 0 bridgehead atoms. The SMILES string of the molecule is COCC(=O)N[C@H](C(=O)NCC(=O)O)C(C)C. The minimum Gasteiger partial charge on any atom is -0.480 e. The molecule has 0 aliphatic rings. The van der Waals surface area contributed by atoms with Crippen LogP contribution in [0.3, 0.4) is 0 Å². The fraction of sp³-hybridized carbons (Fsp3) is 0.700. The number of hydrogen-bond acceptors (Lipinski definition) is 4. The lowest BCUT2D eigenvalue weighted by molar-refractivity contribution is -0.138. The zero-order valence-electron chi connectivity index (χ0n) is 10.1. The molecule has 0 radical (unpaired) electrons. The maximum absolute atomic E-state index is 11.6. The van der Waals surface area contributed by atoms with Gasteiger partial charge < -0.3 is 20.5 Å². The van der Waals surface area contributed by atoms with Gasteiger partial charge in [-0.25, -0.2) is 0 Å². The van der Waals surface area contributed by atoms with Gasteiger partial charge >= 0.3 is 5.97 Å². The molecule has 0 aromatic heterocycles. The van der Waals surface area contributed by atoms with Crippen molar-refractivity contribution in [2.45, 2.75) is 19.9 Å². The van der Waals surface area contributed by atoms with Gasteiger partial charge in [-0.3, -0.25) is 14.4 Å². The average Bonchev–Trinajstić information content (AvgIpc) is 2.22. The molecule has 0 saturated carbocycles. The van der Waals surface area contributed by atoms with Crippen LogP contribution in [0.2, 0.25) is 0 Å². The zero-order valence-corrected chi connectivity index (χ0v) is 10.1. The van der Waals surface area contributed by atoms with E-state index in [1.54, 1.807) is 13.8 Å². The van der Waals surface area contributed by atoms with Crippen molar-refractivity contribution in [3.63, 3.8) is 0 Å². The highest BCUT2D eigenvalue weighted by molar-refractivity contribution is 5.89. The number of nitrogens with one attached hydrogen (secondary N) is 2. The minimum absolute atomic E-state index is 0.143. The largest absolute Gasteiger partial charge is 0.480 e. The van der Waals surface area contributed by atoms with E-state index in [0.29, 0.717) is 0 Å². The summed E-state index contributed by atoms with van der Waals surface area (Å²) in [4.78, 5) is 33.2. The Labute approximate surface area is 99.5 Å². The lowest BCUT2D eigenvalue weighted by Gasteiger charge is -2.21. The van der Waals surface area contributed by atoms with Crippen molar-refractivity contribution in [2.24, 2.45) is 5.92 Å². The number of carboxylic acid groups (broad SMARTS) is 1. The molecular weight excluding hydrogens is 228 g/mol. The fourth-order valence-electron chi connectivity index (χ4n) is 1.15. The van der Waals surface area contributed by atoms with E-state index in [1.165, 1.54) is 7.11 Å². The van der Waals surface area contributed by atoms with Gasteiger partial charge in [-0.05, 0) is 5.92 Å². The maximum Gasteiger partial charge on any atom is 0.322 e. The third kappa shape index (κ3) is 6.52. The number of ether oxygens (including phenoxy) is 1. The Bertz CT molecular complexity index is 290. The van der Waals surface area contributed by atoms with Crippen LogP contribution in [0, 0.1) is 5.92 Å². The van der Waals surface area contributed by atoms with Gasteiger partial charge in [-0.2, -0.15) is 0 Å². The number of hydrogen-bond donors (Lipinski definition) is 3. The number of carbonyl (C=O) groups excluding carboxylic acids is 2. The van der Waals surface area contributed by atoms with E-state index in [1.807, 2.05) is 0 Å². The van der Waals surface area contributed by atoms with Crippen molar-refractivity contribution in [3.05, 3.63) is 0 Å². The predicted molar refractivity (Wildman–Crippen MR) is 59.3 cm³/mol. The van der Waals surface area contributed by atoms with Crippen molar-refractivity contribution < 1.29 is 24.2 Å². The van der Waals surface area contributed by atoms with Gasteiger partial charge in [-0.1, -0.05) is 13.8 Å². The summed E-state index contributed by atoms with van der Waals surface area (Å²) in [6.07, 6.45) is 0. The molecule has 0 aromatic rings. The van der Waals surface area contributed by atoms with Crippen molar-refractivity contribution in [1.29, 1.82) is 0 Å². The van der Waals surface area contributed by atoms with Crippen molar-refractivity contribution in [3.8, 4) is 0 Å². The van der Waals surface area contributed by atoms with Gasteiger partial charge in [0.05, 0.1) is 0 Å². The Balaban J connectivity index is 4.36. The second-order valence-electron chi connectivity index (χ2n) is 3.83. The molecule has 1 atom stereocenters. The van der Waals surface area contributed by atoms with Crippen LogP contribution in [0.15, 0.2) is 0 Å². The predicted octanol–water partition coefficient (Wildman–Crippen LogP) is -1.03. The first-order valence-electron chi connectivity index (χ1n) is 5.16. The molecule has 0 unspecified atom stereocenters. The number of methoxy groups -OCH3 is 1. The van der Waals surface area contributed by atoms with Crippen LogP contribution < -0.4 is 10.6 Å². The molecule has 0 rings (SSSR count). The minimum atomic E-state index is -1.14. The molecule has 7 heteroatoms. The van der Waals surface area contributed by atoms with Crippen LogP contribution in [0.4, 0.5) is 0 Å². The molecule has 3 N–H and O–H groups in total. The second kappa shape index (κ2) is 7.61. The smallest absolute Gasteiger partial charge is 0.322 e. The lowest BCUT2D eigenvalue weighted by Crippen LogP contribution is -2.51. The van der Waals surface area contributed by atoms with Crippen LogP contribution >= 0.6 is 0 Å². The molecule has 0 heterocycles. The maximum atomic E-state index is 11.6. The normalized spacial score (nSPS) is 12.0. The summed E-state index contributed by atoms with van der Waals surface area (Å²) in [7, 11) is 1.37. The Morgan fingerprint density at radius 1 is 1.29 bits per heavy atom. The van der Waals surface area contributed by atoms with Crippen molar-refractivity contribution in [1.82, 2.24) is 10.6 Å². The highest BCUT2D eigenvalue weighted by Gasteiger charge is 2.24. The Hall–Kier alpha value is -1.63. The molecule has 7 nitrogen and oxygen atoms in total. The summed E-state index contributed by atoms with van der Waals surface area (Å²) < 4.78 is 4.62. The molecule has 0 aliphatic carbocycles. The topological polar surface area (TPSA) is 105 Å². The molecule has 0 saturated heterocycles. The molecule has 17 heavy (non-hydrogen) atoms. The fourth-order valence-corrected chi connectivity index (χ4v) is 1.15. The summed E-state index contributed by atoms with van der Waals surface area (Å²) in [5.41, 5.74) is 0. The summed E-state index contributed by atoms with van der Waals surface area (Å²) in [6, 6.07) is -0.767. The van der Waals surface area contributed by atoms with E-state index < -0.39 is 30.4 Å². The summed E-state index contributed by atoms with van der Waals surface area (Å²) in [5.74, 6) is -2.22. The number of carboxylic acids is 1. The summed E-state index contributed by atoms with van der Waals surface area (Å²) in [5, 5.41) is 13.1. The van der Waals surface area contributed by atoms with E-state index in [-0.39, 0.29) is 12.5 Å². The van der Waals surface area contributed by atoms with Crippen LogP contribution in [0.25, 0.3) is 0 Å². The number of aliphatic carboxylic acids is 1. The molecule has 0 aromatic carbocycles. The monoisotopic (exact) mass is 246 g/mol. The van der Waals surface area contributed by atoms with E-state index in [0.717, 1.165) is 0 Å². The highest BCUT2D eigenvalue weighted by Crippen LogP contribution is 2.01. The quantitative estimate of drug-likeness (QED) is 0.533. The first-order chi connectivity index (χ1) is 7.88. The molecule has 0 spiro atoms. The van der Waals surface area contributed by atoms with Crippen LogP contribution in [0.5, 0.6) is 0 Å². The van der Waals surface area contributed by atoms with Crippen molar-refractivity contribution >= 4 is 17.8 Å². The molecular formula is C10H18N2O5. The van der Waals surface area contributed by atoms with E-state index in [9.17, 15) is 14.4 Å². The number of amides is 2.